The lowest BCUT2D eigenvalue weighted by atomic mass is 9.84. The Morgan fingerprint density at radius 3 is 2.50 bits per heavy atom. The monoisotopic (exact) mass is 502 g/mol. The molecule has 1 aliphatic carbocycles. The molecule has 1 saturated carbocycles. The first-order valence-corrected chi connectivity index (χ1v) is 14.3. The van der Waals surface area contributed by atoms with Gasteiger partial charge in [0, 0.05) is 30.0 Å². The van der Waals surface area contributed by atoms with Crippen LogP contribution in [0, 0.1) is 17.2 Å². The van der Waals surface area contributed by atoms with Gasteiger partial charge >= 0.3 is 0 Å². The number of nitrogens with zero attached hydrogens (tertiary/aromatic N) is 5. The second-order valence-electron chi connectivity index (χ2n) is 10.1. The lowest BCUT2D eigenvalue weighted by Crippen LogP contribution is -2.29. The lowest BCUT2D eigenvalue weighted by Gasteiger charge is -2.32. The molecule has 2 aliphatic rings. The first-order valence-electron chi connectivity index (χ1n) is 12.8. The minimum atomic E-state index is -3.77. The number of benzene rings is 1. The predicted octanol–water partition coefficient (Wildman–Crippen LogP) is 4.73. The highest BCUT2D eigenvalue weighted by Crippen LogP contribution is 2.41. The van der Waals surface area contributed by atoms with E-state index in [9.17, 15) is 8.42 Å². The van der Waals surface area contributed by atoms with Crippen LogP contribution in [0.4, 0.5) is 0 Å². The van der Waals surface area contributed by atoms with Gasteiger partial charge in [-0.1, -0.05) is 18.2 Å². The first-order chi connectivity index (χ1) is 17.6. The van der Waals surface area contributed by atoms with Crippen LogP contribution in [0.2, 0.25) is 0 Å². The molecule has 0 spiro atoms. The Morgan fingerprint density at radius 2 is 1.78 bits per heavy atom. The summed E-state index contributed by atoms with van der Waals surface area (Å²) in [6, 6.07) is 13.0. The normalized spacial score (nSPS) is 21.6. The molecule has 9 heteroatoms. The maximum absolute atomic E-state index is 13.4. The van der Waals surface area contributed by atoms with Gasteiger partial charge in [-0.25, -0.2) is 22.4 Å². The van der Waals surface area contributed by atoms with Crippen LogP contribution < -0.4 is 5.32 Å². The summed E-state index contributed by atoms with van der Waals surface area (Å²) in [7, 11) is -3.77. The second kappa shape index (κ2) is 9.34. The number of nitrogens with one attached hydrogen (secondary N) is 1. The van der Waals surface area contributed by atoms with E-state index in [4.69, 9.17) is 10.2 Å². The molecule has 0 radical (unpaired) electrons. The SMILES string of the molecule is N#CC[C@H]1CC[C@H](n2c(C3CCNCC3)nc3cnc4c(ccn4S(=O)(=O)c4ccccc4)c32)CC1. The lowest BCUT2D eigenvalue weighted by molar-refractivity contribution is 0.272. The van der Waals surface area contributed by atoms with Gasteiger partial charge in [-0.15, -0.1) is 0 Å². The van der Waals surface area contributed by atoms with E-state index in [1.807, 2.05) is 6.07 Å². The van der Waals surface area contributed by atoms with Crippen molar-refractivity contribution in [2.75, 3.05) is 13.1 Å². The van der Waals surface area contributed by atoms with Crippen molar-refractivity contribution >= 4 is 32.1 Å². The van der Waals surface area contributed by atoms with E-state index in [0.717, 1.165) is 73.9 Å². The summed E-state index contributed by atoms with van der Waals surface area (Å²) in [5.41, 5.74) is 2.24. The Bertz CT molecular complexity index is 1540. The molecule has 1 saturated heterocycles. The molecule has 3 aromatic heterocycles. The van der Waals surface area contributed by atoms with Crippen LogP contribution in [0.25, 0.3) is 22.1 Å². The number of hydrogen-bond donors (Lipinski definition) is 1. The van der Waals surface area contributed by atoms with Crippen LogP contribution in [0.15, 0.2) is 53.7 Å². The summed E-state index contributed by atoms with van der Waals surface area (Å²) in [4.78, 5) is 9.95. The highest BCUT2D eigenvalue weighted by Gasteiger charge is 2.31. The van der Waals surface area contributed by atoms with Gasteiger partial charge in [-0.05, 0) is 75.7 Å². The molecule has 1 N–H and O–H groups in total. The highest BCUT2D eigenvalue weighted by molar-refractivity contribution is 7.90. The minimum absolute atomic E-state index is 0.240. The van der Waals surface area contributed by atoms with Crippen molar-refractivity contribution in [1.29, 1.82) is 5.26 Å². The summed E-state index contributed by atoms with van der Waals surface area (Å²) in [5, 5.41) is 13.4. The summed E-state index contributed by atoms with van der Waals surface area (Å²) < 4.78 is 30.6. The maximum Gasteiger partial charge on any atom is 0.269 e. The van der Waals surface area contributed by atoms with Gasteiger partial charge in [-0.2, -0.15) is 5.26 Å². The van der Waals surface area contributed by atoms with Gasteiger partial charge in [0.25, 0.3) is 10.0 Å². The number of aromatic nitrogens is 4. The molecule has 186 valence electrons. The van der Waals surface area contributed by atoms with Crippen molar-refractivity contribution in [3.8, 4) is 6.07 Å². The van der Waals surface area contributed by atoms with Crippen molar-refractivity contribution in [2.45, 2.75) is 61.8 Å². The smallest absolute Gasteiger partial charge is 0.269 e. The molecule has 0 unspecified atom stereocenters. The van der Waals surface area contributed by atoms with Crippen LogP contribution >= 0.6 is 0 Å². The molecule has 6 rings (SSSR count). The highest BCUT2D eigenvalue weighted by atomic mass is 32.2. The van der Waals surface area contributed by atoms with E-state index < -0.39 is 10.0 Å². The van der Waals surface area contributed by atoms with Crippen LogP contribution in [0.1, 0.15) is 62.7 Å². The molecule has 4 heterocycles. The summed E-state index contributed by atoms with van der Waals surface area (Å²) in [6.07, 6.45) is 10.1. The second-order valence-corrected chi connectivity index (χ2v) is 11.9. The number of nitriles is 1. The Labute approximate surface area is 211 Å². The van der Waals surface area contributed by atoms with Gasteiger partial charge in [0.05, 0.1) is 22.7 Å². The molecular formula is C27H30N6O2S. The number of rotatable bonds is 5. The number of hydrogen-bond acceptors (Lipinski definition) is 6. The molecule has 1 aromatic carbocycles. The topological polar surface area (TPSA) is 106 Å². The van der Waals surface area contributed by atoms with Gasteiger partial charge in [-0.3, -0.25) is 0 Å². The molecule has 8 nitrogen and oxygen atoms in total. The minimum Gasteiger partial charge on any atom is -0.324 e. The average Bonchev–Trinajstić information content (AvgIpc) is 3.53. The molecular weight excluding hydrogens is 472 g/mol. The fourth-order valence-electron chi connectivity index (χ4n) is 6.04. The van der Waals surface area contributed by atoms with Crippen molar-refractivity contribution < 1.29 is 8.42 Å². The Balaban J connectivity index is 1.51. The Kier molecular flexibility index (Phi) is 6.02. The maximum atomic E-state index is 13.4. The Morgan fingerprint density at radius 1 is 1.03 bits per heavy atom. The van der Waals surface area contributed by atoms with E-state index in [1.54, 1.807) is 42.7 Å². The van der Waals surface area contributed by atoms with Gasteiger partial charge < -0.3 is 9.88 Å². The fraction of sp³-hybridized carbons (Fsp3) is 0.444. The van der Waals surface area contributed by atoms with Gasteiger partial charge in [0.15, 0.2) is 5.65 Å². The molecule has 0 amide bonds. The fourth-order valence-corrected chi connectivity index (χ4v) is 7.36. The number of fused-ring (bicyclic) bond motifs is 3. The van der Waals surface area contributed by atoms with Crippen molar-refractivity contribution in [3.05, 3.63) is 54.6 Å². The summed E-state index contributed by atoms with van der Waals surface area (Å²) in [6.45, 7) is 1.95. The van der Waals surface area contributed by atoms with Gasteiger partial charge in [0.1, 0.15) is 11.3 Å². The molecule has 36 heavy (non-hydrogen) atoms. The van der Waals surface area contributed by atoms with Crippen molar-refractivity contribution in [3.63, 3.8) is 0 Å². The van der Waals surface area contributed by atoms with E-state index in [1.165, 1.54) is 3.97 Å². The largest absolute Gasteiger partial charge is 0.324 e. The number of pyridine rings is 1. The summed E-state index contributed by atoms with van der Waals surface area (Å²) in [5.74, 6) is 1.92. The molecule has 0 atom stereocenters. The van der Waals surface area contributed by atoms with Crippen molar-refractivity contribution in [1.82, 2.24) is 23.8 Å². The van der Waals surface area contributed by atoms with E-state index in [0.29, 0.717) is 23.9 Å². The van der Waals surface area contributed by atoms with Crippen LogP contribution in [-0.4, -0.2) is 40.0 Å². The zero-order valence-electron chi connectivity index (χ0n) is 20.2. The van der Waals surface area contributed by atoms with Gasteiger partial charge in [0.2, 0.25) is 0 Å². The van der Waals surface area contributed by atoms with E-state index in [-0.39, 0.29) is 10.9 Å². The van der Waals surface area contributed by atoms with E-state index in [2.05, 4.69) is 20.9 Å². The summed E-state index contributed by atoms with van der Waals surface area (Å²) >= 11 is 0. The molecule has 2 fully saturated rings. The predicted molar refractivity (Wildman–Crippen MR) is 138 cm³/mol. The third-order valence-corrected chi connectivity index (χ3v) is 9.60. The third kappa shape index (κ3) is 3.89. The molecule has 4 aromatic rings. The Hall–Kier alpha value is -3.22. The van der Waals surface area contributed by atoms with E-state index >= 15 is 0 Å². The van der Waals surface area contributed by atoms with Crippen LogP contribution in [-0.2, 0) is 10.0 Å². The van der Waals surface area contributed by atoms with Crippen LogP contribution in [0.5, 0.6) is 0 Å². The quantitative estimate of drug-likeness (QED) is 0.423. The third-order valence-electron chi connectivity index (χ3n) is 7.92. The molecule has 1 aliphatic heterocycles. The zero-order chi connectivity index (χ0) is 24.7. The number of piperidine rings is 1. The standard InChI is InChI=1S/C27H30N6O2S/c28-14-10-19-6-8-21(9-7-19)33-25-23-13-17-32(36(34,35)22-4-2-1-3-5-22)27(23)30-18-24(25)31-26(33)20-11-15-29-16-12-20/h1-5,13,17-21,29H,6-12,15-16H2/t19-,21-. The first kappa shape index (κ1) is 23.2. The average molecular weight is 503 g/mol. The molecule has 0 bridgehead atoms. The van der Waals surface area contributed by atoms with Crippen LogP contribution in [0.3, 0.4) is 0 Å². The van der Waals surface area contributed by atoms with Crippen molar-refractivity contribution in [2.24, 2.45) is 5.92 Å². The number of imidazole rings is 1. The zero-order valence-corrected chi connectivity index (χ0v) is 21.0.